The number of hydrogen-bond donors (Lipinski definition) is 1. The van der Waals surface area contributed by atoms with Gasteiger partial charge in [-0.3, -0.25) is 4.79 Å². The van der Waals surface area contributed by atoms with Gasteiger partial charge < -0.3 is 10.5 Å². The second kappa shape index (κ2) is 5.33. The number of nitrogens with two attached hydrogens (primary N) is 1. The van der Waals surface area contributed by atoms with Crippen LogP contribution in [0.4, 0.5) is 19.0 Å². The van der Waals surface area contributed by atoms with E-state index in [-0.39, 0.29) is 16.4 Å². The van der Waals surface area contributed by atoms with Gasteiger partial charge in [-0.05, 0) is 6.07 Å². The van der Waals surface area contributed by atoms with Crippen molar-refractivity contribution in [2.24, 2.45) is 0 Å². The molecule has 0 unspecified atom stereocenters. The van der Waals surface area contributed by atoms with Gasteiger partial charge in [0.25, 0.3) is 0 Å². The Balaban J connectivity index is 2.61. The number of nitrogens with zero attached hydrogens (tertiary/aromatic N) is 1. The van der Waals surface area contributed by atoms with Crippen LogP contribution in [0, 0.1) is 0 Å². The van der Waals surface area contributed by atoms with Gasteiger partial charge in [0.15, 0.2) is 5.78 Å². The number of Topliss-reactive ketones (excluding diaryl/α,β-unsaturated/α-hetero) is 1. The molecule has 0 saturated heterocycles. The molecule has 94 valence electrons. The number of nitrogen functional groups attached to an aromatic ring is 1. The smallest absolute Gasteiger partial charge is 0.383 e. The summed E-state index contributed by atoms with van der Waals surface area (Å²) < 4.78 is 39.5. The van der Waals surface area contributed by atoms with E-state index < -0.39 is 25.2 Å². The van der Waals surface area contributed by atoms with Crippen LogP contribution in [0.1, 0.15) is 10.4 Å². The minimum absolute atomic E-state index is 0.0559. The average molecular weight is 269 g/mol. The molecular weight excluding hydrogens is 261 g/mol. The number of halogens is 4. The molecule has 17 heavy (non-hydrogen) atoms. The number of ether oxygens (including phenoxy) is 1. The maximum atomic E-state index is 11.8. The van der Waals surface area contributed by atoms with Crippen LogP contribution in [0.5, 0.6) is 0 Å². The molecule has 0 aliphatic heterocycles. The van der Waals surface area contributed by atoms with Gasteiger partial charge in [-0.2, -0.15) is 13.2 Å². The largest absolute Gasteiger partial charge is 0.411 e. The third-order valence-electron chi connectivity index (χ3n) is 1.68. The lowest BCUT2D eigenvalue weighted by atomic mass is 10.2. The zero-order valence-corrected chi connectivity index (χ0v) is 9.18. The van der Waals surface area contributed by atoms with Crippen molar-refractivity contribution >= 4 is 23.2 Å². The highest BCUT2D eigenvalue weighted by molar-refractivity contribution is 6.31. The molecule has 0 bridgehead atoms. The summed E-state index contributed by atoms with van der Waals surface area (Å²) in [6.45, 7) is -2.22. The lowest BCUT2D eigenvalue weighted by molar-refractivity contribution is -0.170. The molecule has 2 N–H and O–H groups in total. The minimum Gasteiger partial charge on any atom is -0.383 e. The fourth-order valence-corrected chi connectivity index (χ4v) is 1.17. The van der Waals surface area contributed by atoms with Crippen molar-refractivity contribution in [3.8, 4) is 0 Å². The van der Waals surface area contributed by atoms with Crippen LogP contribution in [-0.2, 0) is 4.74 Å². The van der Waals surface area contributed by atoms with Crippen molar-refractivity contribution in [3.05, 3.63) is 22.8 Å². The number of rotatable bonds is 4. The molecule has 0 fully saturated rings. The van der Waals surface area contributed by atoms with Gasteiger partial charge in [0.2, 0.25) is 0 Å². The van der Waals surface area contributed by atoms with Crippen LogP contribution in [0.3, 0.4) is 0 Å². The molecule has 0 atom stereocenters. The molecular formula is C9H8ClF3N2O2. The van der Waals surface area contributed by atoms with E-state index in [0.29, 0.717) is 0 Å². The number of ketones is 1. The highest BCUT2D eigenvalue weighted by Crippen LogP contribution is 2.17. The second-order valence-electron chi connectivity index (χ2n) is 3.12. The number of aromatic nitrogens is 1. The summed E-state index contributed by atoms with van der Waals surface area (Å²) >= 11 is 5.58. The predicted molar refractivity (Wildman–Crippen MR) is 54.9 cm³/mol. The Kier molecular flexibility index (Phi) is 4.30. The minimum atomic E-state index is -4.47. The van der Waals surface area contributed by atoms with Gasteiger partial charge in [0, 0.05) is 6.20 Å². The molecule has 0 saturated carbocycles. The van der Waals surface area contributed by atoms with Crippen molar-refractivity contribution in [1.82, 2.24) is 4.98 Å². The first-order valence-electron chi connectivity index (χ1n) is 4.38. The Morgan fingerprint density at radius 3 is 2.76 bits per heavy atom. The van der Waals surface area contributed by atoms with Crippen LogP contribution >= 0.6 is 11.6 Å². The Bertz CT molecular complexity index is 423. The van der Waals surface area contributed by atoms with Gasteiger partial charge in [-0.1, -0.05) is 11.6 Å². The molecule has 0 aliphatic carbocycles. The molecule has 1 rings (SSSR count). The molecule has 1 aromatic rings. The SMILES string of the molecule is Nc1ncc(Cl)cc1C(=O)COCC(F)(F)F. The number of alkyl halides is 3. The summed E-state index contributed by atoms with van der Waals surface area (Å²) in [6.07, 6.45) is -3.25. The van der Waals surface area contributed by atoms with Crippen LogP contribution in [0.15, 0.2) is 12.3 Å². The van der Waals surface area contributed by atoms with E-state index in [1.807, 2.05) is 0 Å². The topological polar surface area (TPSA) is 65.2 Å². The maximum absolute atomic E-state index is 11.8. The van der Waals surface area contributed by atoms with Gasteiger partial charge in [-0.15, -0.1) is 0 Å². The van der Waals surface area contributed by atoms with Gasteiger partial charge in [-0.25, -0.2) is 4.98 Å². The Morgan fingerprint density at radius 1 is 1.53 bits per heavy atom. The third kappa shape index (κ3) is 4.58. The molecule has 8 heteroatoms. The van der Waals surface area contributed by atoms with Crippen LogP contribution in [-0.4, -0.2) is 30.2 Å². The van der Waals surface area contributed by atoms with E-state index in [0.717, 1.165) is 0 Å². The zero-order chi connectivity index (χ0) is 13.1. The molecule has 0 aliphatic rings. The van der Waals surface area contributed by atoms with Gasteiger partial charge in [0.05, 0.1) is 10.6 Å². The summed E-state index contributed by atoms with van der Waals surface area (Å²) in [4.78, 5) is 15.0. The first-order valence-corrected chi connectivity index (χ1v) is 4.76. The fraction of sp³-hybridized carbons (Fsp3) is 0.333. The summed E-state index contributed by atoms with van der Waals surface area (Å²) in [5, 5.41) is 0.165. The predicted octanol–water partition coefficient (Wildman–Crippen LogP) is 2.08. The van der Waals surface area contributed by atoms with Crippen molar-refractivity contribution in [1.29, 1.82) is 0 Å². The van der Waals surface area contributed by atoms with E-state index in [9.17, 15) is 18.0 Å². The third-order valence-corrected chi connectivity index (χ3v) is 1.89. The second-order valence-corrected chi connectivity index (χ2v) is 3.55. The number of hydrogen-bond acceptors (Lipinski definition) is 4. The van der Waals surface area contributed by atoms with Crippen molar-refractivity contribution in [2.75, 3.05) is 18.9 Å². The molecule has 0 aromatic carbocycles. The van der Waals surface area contributed by atoms with Gasteiger partial charge >= 0.3 is 6.18 Å². The Labute approximate surface area is 99.5 Å². The van der Waals surface area contributed by atoms with Crippen LogP contribution in [0.25, 0.3) is 0 Å². The van der Waals surface area contributed by atoms with Crippen molar-refractivity contribution in [3.63, 3.8) is 0 Å². The summed E-state index contributed by atoms with van der Waals surface area (Å²) in [5.74, 6) is -0.809. The highest BCUT2D eigenvalue weighted by atomic mass is 35.5. The molecule has 4 nitrogen and oxygen atoms in total. The van der Waals surface area contributed by atoms with Crippen molar-refractivity contribution in [2.45, 2.75) is 6.18 Å². The van der Waals surface area contributed by atoms with E-state index in [4.69, 9.17) is 17.3 Å². The molecule has 1 heterocycles. The molecule has 0 amide bonds. The zero-order valence-electron chi connectivity index (χ0n) is 8.42. The van der Waals surface area contributed by atoms with E-state index in [1.165, 1.54) is 12.3 Å². The highest BCUT2D eigenvalue weighted by Gasteiger charge is 2.28. The number of carbonyl (C=O) groups excluding carboxylic acids is 1. The quantitative estimate of drug-likeness (QED) is 0.849. The monoisotopic (exact) mass is 268 g/mol. The summed E-state index contributed by atoms with van der Waals surface area (Å²) in [7, 11) is 0. The average Bonchev–Trinajstić information content (AvgIpc) is 2.19. The number of pyridine rings is 1. The number of anilines is 1. The van der Waals surface area contributed by atoms with Gasteiger partial charge in [0.1, 0.15) is 19.0 Å². The van der Waals surface area contributed by atoms with E-state index in [2.05, 4.69) is 9.72 Å². The molecule has 0 radical (unpaired) electrons. The Hall–Kier alpha value is -1.34. The summed E-state index contributed by atoms with van der Waals surface area (Å²) in [6, 6.07) is 1.23. The van der Waals surface area contributed by atoms with E-state index in [1.54, 1.807) is 0 Å². The first-order chi connectivity index (χ1) is 7.79. The van der Waals surface area contributed by atoms with E-state index >= 15 is 0 Å². The van der Waals surface area contributed by atoms with Crippen LogP contribution < -0.4 is 5.73 Å². The molecule has 1 aromatic heterocycles. The number of carbonyl (C=O) groups is 1. The van der Waals surface area contributed by atoms with Crippen molar-refractivity contribution < 1.29 is 22.7 Å². The lowest BCUT2D eigenvalue weighted by Crippen LogP contribution is -2.21. The maximum Gasteiger partial charge on any atom is 0.411 e. The first kappa shape index (κ1) is 13.7. The fourth-order valence-electron chi connectivity index (χ4n) is 1.01. The lowest BCUT2D eigenvalue weighted by Gasteiger charge is -2.08. The molecule has 0 spiro atoms. The summed E-state index contributed by atoms with van der Waals surface area (Å²) in [5.41, 5.74) is 5.32. The normalized spacial score (nSPS) is 11.5. The van der Waals surface area contributed by atoms with Crippen LogP contribution in [0.2, 0.25) is 5.02 Å². The standard InChI is InChI=1S/C9H8ClF3N2O2/c10-5-1-6(8(14)15-2-5)7(16)3-17-4-9(11,12)13/h1-2H,3-4H2,(H2,14,15). The Morgan fingerprint density at radius 2 is 2.18 bits per heavy atom.